The van der Waals surface area contributed by atoms with Gasteiger partial charge < -0.3 is 4.55 Å². The number of hydrogen-bond donors (Lipinski definition) is 0. The zero-order valence-electron chi connectivity index (χ0n) is 5.26. The predicted molar refractivity (Wildman–Crippen MR) is 27.3 cm³/mol. The number of aromatic nitrogens is 2. The van der Waals surface area contributed by atoms with Crippen molar-refractivity contribution in [2.45, 2.75) is 0 Å². The quantitative estimate of drug-likeness (QED) is 0.320. The Kier molecular flexibility index (Phi) is 3.54. The number of hydrogen-bond acceptors (Lipinski definition) is 4. The molecular weight excluding hydrogens is 167 g/mol. The van der Waals surface area contributed by atoms with Gasteiger partial charge in [-0.2, -0.15) is 0 Å². The summed E-state index contributed by atoms with van der Waals surface area (Å²) in [6.07, 6.45) is 3.22. The van der Waals surface area contributed by atoms with Crippen molar-refractivity contribution in [3.63, 3.8) is 0 Å². The van der Waals surface area contributed by atoms with Crippen molar-refractivity contribution in [1.82, 2.24) is 8.96 Å². The summed E-state index contributed by atoms with van der Waals surface area (Å²) in [6.45, 7) is 0. The largest absolute Gasteiger partial charge is 1.00 e. The minimum Gasteiger partial charge on any atom is -0.731 e. The van der Waals surface area contributed by atoms with Crippen LogP contribution in [0.1, 0.15) is 0 Å². The van der Waals surface area contributed by atoms with E-state index in [9.17, 15) is 13.0 Å². The van der Waals surface area contributed by atoms with E-state index in [2.05, 4.69) is 4.98 Å². The average molecular weight is 170 g/mol. The topological polar surface area (TPSA) is 75.0 Å². The third-order valence-corrected chi connectivity index (χ3v) is 1.47. The fourth-order valence-electron chi connectivity index (χ4n) is 0.379. The Morgan fingerprint density at radius 3 is 2.30 bits per heavy atom. The van der Waals surface area contributed by atoms with Crippen LogP contribution >= 0.6 is 0 Å². The van der Waals surface area contributed by atoms with E-state index < -0.39 is 10.3 Å². The molecule has 50 valence electrons. The van der Waals surface area contributed by atoms with Crippen molar-refractivity contribution in [3.8, 4) is 0 Å². The zero-order chi connectivity index (χ0) is 6.91. The second-order valence-electron chi connectivity index (χ2n) is 1.35. The number of rotatable bonds is 1. The average Bonchev–Trinajstić information content (AvgIpc) is 2.08. The SMILES string of the molecule is O=S(=O)([O-])n1ccnc1.[Na+]. The summed E-state index contributed by atoms with van der Waals surface area (Å²) >= 11 is 0. The maximum atomic E-state index is 10.1. The van der Waals surface area contributed by atoms with Crippen LogP contribution in [0, 0.1) is 0 Å². The molecule has 0 radical (unpaired) electrons. The van der Waals surface area contributed by atoms with Crippen molar-refractivity contribution in [2.75, 3.05) is 0 Å². The van der Waals surface area contributed by atoms with Crippen LogP contribution in [0.15, 0.2) is 18.7 Å². The third-order valence-electron chi connectivity index (χ3n) is 0.738. The van der Waals surface area contributed by atoms with Crippen molar-refractivity contribution < 1.29 is 42.5 Å². The molecular formula is C3H3N2NaO3S. The molecule has 0 aliphatic heterocycles. The van der Waals surface area contributed by atoms with Crippen molar-refractivity contribution >= 4 is 10.3 Å². The molecule has 1 aromatic rings. The maximum absolute atomic E-state index is 10.1. The van der Waals surface area contributed by atoms with Crippen LogP contribution in [0.2, 0.25) is 0 Å². The molecule has 0 aromatic carbocycles. The molecule has 0 bridgehead atoms. The fraction of sp³-hybridized carbons (Fsp3) is 0. The molecule has 0 fully saturated rings. The second kappa shape index (κ2) is 3.49. The molecule has 0 amide bonds. The predicted octanol–water partition coefficient (Wildman–Crippen LogP) is -3.80. The molecule has 0 unspecified atom stereocenters. The van der Waals surface area contributed by atoms with Crippen LogP contribution in [0.5, 0.6) is 0 Å². The van der Waals surface area contributed by atoms with Gasteiger partial charge in [0.1, 0.15) is 6.33 Å². The first kappa shape index (κ1) is 10.1. The molecule has 0 saturated carbocycles. The maximum Gasteiger partial charge on any atom is 1.00 e. The molecule has 0 atom stereocenters. The summed E-state index contributed by atoms with van der Waals surface area (Å²) in [7, 11) is -4.36. The monoisotopic (exact) mass is 170 g/mol. The van der Waals surface area contributed by atoms with E-state index in [1.165, 1.54) is 6.20 Å². The Morgan fingerprint density at radius 2 is 2.10 bits per heavy atom. The molecule has 5 nitrogen and oxygen atoms in total. The molecule has 0 saturated heterocycles. The van der Waals surface area contributed by atoms with Gasteiger partial charge in [-0.1, -0.05) is 0 Å². The minimum atomic E-state index is -4.36. The van der Waals surface area contributed by atoms with E-state index in [0.29, 0.717) is 3.97 Å². The first-order valence-corrected chi connectivity index (χ1v) is 3.41. The van der Waals surface area contributed by atoms with Crippen molar-refractivity contribution in [1.29, 1.82) is 0 Å². The summed E-state index contributed by atoms with van der Waals surface area (Å²) in [6, 6.07) is 0. The van der Waals surface area contributed by atoms with Gasteiger partial charge in [0.25, 0.3) is 0 Å². The molecule has 1 heterocycles. The van der Waals surface area contributed by atoms with Gasteiger partial charge in [0, 0.05) is 12.4 Å². The van der Waals surface area contributed by atoms with Gasteiger partial charge in [-0.05, 0) is 0 Å². The third kappa shape index (κ3) is 2.39. The van der Waals surface area contributed by atoms with E-state index >= 15 is 0 Å². The Morgan fingerprint density at radius 1 is 1.50 bits per heavy atom. The normalized spacial score (nSPS) is 10.5. The van der Waals surface area contributed by atoms with E-state index in [1.807, 2.05) is 0 Å². The van der Waals surface area contributed by atoms with E-state index in [-0.39, 0.29) is 29.6 Å². The van der Waals surface area contributed by atoms with Crippen LogP contribution in [0.4, 0.5) is 0 Å². The van der Waals surface area contributed by atoms with Gasteiger partial charge in [0.05, 0.1) is 0 Å². The summed E-state index contributed by atoms with van der Waals surface area (Å²) in [5, 5.41) is 0. The smallest absolute Gasteiger partial charge is 0.731 e. The number of nitrogens with zero attached hydrogens (tertiary/aromatic N) is 2. The Labute approximate surface area is 80.2 Å². The van der Waals surface area contributed by atoms with Gasteiger partial charge in [0.15, 0.2) is 10.3 Å². The van der Waals surface area contributed by atoms with Crippen LogP contribution in [0.25, 0.3) is 0 Å². The molecule has 7 heteroatoms. The standard InChI is InChI=1S/C3H4N2O3S.Na/c6-9(7,8)5-2-1-4-3-5;/h1-3H,(H,6,7,8);/q;+1/p-1. The van der Waals surface area contributed by atoms with Crippen LogP contribution in [0.3, 0.4) is 0 Å². The first-order chi connectivity index (χ1) is 4.11. The molecule has 0 spiro atoms. The van der Waals surface area contributed by atoms with E-state index in [0.717, 1.165) is 12.5 Å². The summed E-state index contributed by atoms with van der Waals surface area (Å²) in [5.41, 5.74) is 0. The number of imidazole rings is 1. The summed E-state index contributed by atoms with van der Waals surface area (Å²) in [4.78, 5) is 3.37. The molecule has 1 rings (SSSR count). The van der Waals surface area contributed by atoms with Crippen molar-refractivity contribution in [3.05, 3.63) is 18.7 Å². The second-order valence-corrected chi connectivity index (χ2v) is 2.63. The van der Waals surface area contributed by atoms with Gasteiger partial charge in [-0.25, -0.2) is 17.4 Å². The molecule has 10 heavy (non-hydrogen) atoms. The van der Waals surface area contributed by atoms with Gasteiger partial charge in [0.2, 0.25) is 0 Å². The van der Waals surface area contributed by atoms with Gasteiger partial charge in [-0.3, -0.25) is 0 Å². The van der Waals surface area contributed by atoms with E-state index in [4.69, 9.17) is 0 Å². The fourth-order valence-corrected chi connectivity index (χ4v) is 0.753. The molecule has 0 aliphatic rings. The molecule has 0 N–H and O–H groups in total. The van der Waals surface area contributed by atoms with E-state index in [1.54, 1.807) is 0 Å². The van der Waals surface area contributed by atoms with Crippen LogP contribution < -0.4 is 29.6 Å². The van der Waals surface area contributed by atoms with Gasteiger partial charge in [-0.15, -0.1) is 0 Å². The zero-order valence-corrected chi connectivity index (χ0v) is 8.08. The van der Waals surface area contributed by atoms with Crippen LogP contribution in [-0.4, -0.2) is 21.9 Å². The molecule has 0 aliphatic carbocycles. The molecule has 1 aromatic heterocycles. The van der Waals surface area contributed by atoms with Crippen LogP contribution in [-0.2, 0) is 10.3 Å². The Balaban J connectivity index is 0.000000810. The van der Waals surface area contributed by atoms with Crippen molar-refractivity contribution in [2.24, 2.45) is 0 Å². The summed E-state index contributed by atoms with van der Waals surface area (Å²) in [5.74, 6) is 0. The van der Waals surface area contributed by atoms with Gasteiger partial charge >= 0.3 is 29.6 Å². The minimum absolute atomic E-state index is 0. The Hall–Kier alpha value is 0.120. The summed E-state index contributed by atoms with van der Waals surface area (Å²) < 4.78 is 30.7. The first-order valence-electron chi connectivity index (χ1n) is 2.05. The Bertz CT molecular complexity index is 279.